The van der Waals surface area contributed by atoms with E-state index < -0.39 is 5.41 Å². The minimum absolute atomic E-state index is 0.0288. The van der Waals surface area contributed by atoms with Gasteiger partial charge in [0.1, 0.15) is 5.58 Å². The third-order valence-electron chi connectivity index (χ3n) is 7.37. The van der Waals surface area contributed by atoms with Gasteiger partial charge in [0.15, 0.2) is 11.3 Å². The highest BCUT2D eigenvalue weighted by molar-refractivity contribution is 5.82. The number of aliphatic hydroxyl groups excluding tert-OH is 2. The number of fused-ring (bicyclic) bond motifs is 1. The molecule has 2 unspecified atom stereocenters. The first-order valence-electron chi connectivity index (χ1n) is 12.4. The number of para-hydroxylation sites is 1. The van der Waals surface area contributed by atoms with Gasteiger partial charge in [0.2, 0.25) is 0 Å². The van der Waals surface area contributed by atoms with E-state index in [4.69, 9.17) is 4.42 Å². The maximum atomic E-state index is 13.3. The van der Waals surface area contributed by atoms with E-state index in [2.05, 4.69) is 22.3 Å². The highest BCUT2D eigenvalue weighted by atomic mass is 16.4. The molecule has 0 aliphatic carbocycles. The summed E-state index contributed by atoms with van der Waals surface area (Å²) < 4.78 is 6.46. The summed E-state index contributed by atoms with van der Waals surface area (Å²) >= 11 is 0. The maximum absolute atomic E-state index is 13.3. The molecule has 3 N–H and O–H groups in total. The molecule has 36 heavy (non-hydrogen) atoms. The lowest BCUT2D eigenvalue weighted by atomic mass is 9.80. The Bertz CT molecular complexity index is 1430. The van der Waals surface area contributed by atoms with E-state index in [0.29, 0.717) is 29.9 Å². The van der Waals surface area contributed by atoms with Gasteiger partial charge in [-0.1, -0.05) is 54.6 Å². The fourth-order valence-corrected chi connectivity index (χ4v) is 5.32. The van der Waals surface area contributed by atoms with E-state index in [-0.39, 0.29) is 24.7 Å². The van der Waals surface area contributed by atoms with Crippen LogP contribution >= 0.6 is 0 Å². The Morgan fingerprint density at radius 1 is 1.06 bits per heavy atom. The largest absolute Gasteiger partial charge is 0.440 e. The Labute approximate surface area is 210 Å². The summed E-state index contributed by atoms with van der Waals surface area (Å²) in [6.45, 7) is 5.22. The van der Waals surface area contributed by atoms with Crippen LogP contribution in [0.4, 0.5) is 11.6 Å². The molecule has 6 nitrogen and oxygen atoms in total. The summed E-state index contributed by atoms with van der Waals surface area (Å²) in [5, 5.41) is 24.1. The minimum Gasteiger partial charge on any atom is -0.440 e. The lowest BCUT2D eigenvalue weighted by Crippen LogP contribution is -2.34. The number of anilines is 2. The molecule has 1 aliphatic heterocycles. The molecule has 0 amide bonds. The second kappa shape index (κ2) is 9.80. The van der Waals surface area contributed by atoms with Gasteiger partial charge in [-0.2, -0.15) is 0 Å². The Morgan fingerprint density at radius 2 is 1.81 bits per heavy atom. The quantitative estimate of drug-likeness (QED) is 0.346. The summed E-state index contributed by atoms with van der Waals surface area (Å²) in [5.74, 6) is 0.520. The highest BCUT2D eigenvalue weighted by Crippen LogP contribution is 2.38. The lowest BCUT2D eigenvalue weighted by molar-refractivity contribution is 0.206. The van der Waals surface area contributed by atoms with Gasteiger partial charge in [0.25, 0.3) is 0 Å². The third kappa shape index (κ3) is 4.38. The van der Waals surface area contributed by atoms with Gasteiger partial charge in [0.05, 0.1) is 24.6 Å². The van der Waals surface area contributed by atoms with Crippen molar-refractivity contribution < 1.29 is 14.6 Å². The molecule has 0 spiro atoms. The van der Waals surface area contributed by atoms with E-state index in [9.17, 15) is 15.0 Å². The Balaban J connectivity index is 1.53. The topological polar surface area (TPSA) is 85.9 Å². The van der Waals surface area contributed by atoms with Crippen molar-refractivity contribution in [3.63, 3.8) is 0 Å². The fourth-order valence-electron chi connectivity index (χ4n) is 5.32. The first-order valence-corrected chi connectivity index (χ1v) is 12.4. The molecule has 186 valence electrons. The van der Waals surface area contributed by atoms with Crippen LogP contribution in [-0.2, 0) is 12.0 Å². The third-order valence-corrected chi connectivity index (χ3v) is 7.37. The predicted molar refractivity (Wildman–Crippen MR) is 144 cm³/mol. The molecule has 1 fully saturated rings. The summed E-state index contributed by atoms with van der Waals surface area (Å²) in [4.78, 5) is 15.3. The van der Waals surface area contributed by atoms with Gasteiger partial charge < -0.3 is 24.8 Å². The van der Waals surface area contributed by atoms with Crippen molar-refractivity contribution in [3.8, 4) is 0 Å². The molecule has 6 heteroatoms. The zero-order chi connectivity index (χ0) is 25.3. The molecule has 0 radical (unpaired) electrons. The number of aliphatic hydroxyl groups is 2. The summed E-state index contributed by atoms with van der Waals surface area (Å²) in [7, 11) is 0. The smallest absolute Gasteiger partial charge is 0.200 e. The minimum atomic E-state index is -0.395. The molecule has 2 heterocycles. The van der Waals surface area contributed by atoms with E-state index in [1.54, 1.807) is 6.07 Å². The standard InChI is InChI=1S/C30H32N2O4/c1-20-14-24(21(2)31-26-11-7-6-8-22(26)17-33)29-25(15-20)27(35)16-28(36-29)32-13-12-30(18-32,19-34)23-9-4-3-5-10-23/h3-11,14-16,21,31,33-34H,12-13,17-19H2,1-2H3. The van der Waals surface area contributed by atoms with Gasteiger partial charge in [-0.15, -0.1) is 0 Å². The van der Waals surface area contributed by atoms with Crippen molar-refractivity contribution in [1.82, 2.24) is 0 Å². The Morgan fingerprint density at radius 3 is 2.56 bits per heavy atom. The van der Waals surface area contributed by atoms with Gasteiger partial charge in [-0.25, -0.2) is 0 Å². The lowest BCUT2D eigenvalue weighted by Gasteiger charge is -2.28. The molecule has 1 saturated heterocycles. The molecule has 4 aromatic rings. The van der Waals surface area contributed by atoms with Crippen LogP contribution in [0.15, 0.2) is 82.0 Å². The normalized spacial score (nSPS) is 18.5. The maximum Gasteiger partial charge on any atom is 0.200 e. The fraction of sp³-hybridized carbons (Fsp3) is 0.300. The van der Waals surface area contributed by atoms with Gasteiger partial charge in [0, 0.05) is 41.4 Å². The number of benzene rings is 3. The van der Waals surface area contributed by atoms with E-state index in [0.717, 1.165) is 34.4 Å². The van der Waals surface area contributed by atoms with E-state index in [1.165, 1.54) is 0 Å². The van der Waals surface area contributed by atoms with E-state index >= 15 is 0 Å². The molecule has 5 rings (SSSR count). The van der Waals surface area contributed by atoms with E-state index in [1.807, 2.05) is 68.4 Å². The summed E-state index contributed by atoms with van der Waals surface area (Å²) in [6.07, 6.45) is 0.770. The van der Waals surface area contributed by atoms with Crippen LogP contribution in [0, 0.1) is 6.92 Å². The average Bonchev–Trinajstić information content (AvgIpc) is 3.35. The van der Waals surface area contributed by atoms with Crippen LogP contribution in [0.1, 0.15) is 41.6 Å². The van der Waals surface area contributed by atoms with Crippen LogP contribution in [-0.4, -0.2) is 29.9 Å². The predicted octanol–water partition coefficient (Wildman–Crippen LogP) is 4.91. The van der Waals surface area contributed by atoms with Crippen LogP contribution in [0.5, 0.6) is 0 Å². The molecular weight excluding hydrogens is 452 g/mol. The number of aryl methyl sites for hydroxylation is 1. The number of nitrogens with one attached hydrogen (secondary N) is 1. The number of hydrogen-bond donors (Lipinski definition) is 3. The Kier molecular flexibility index (Phi) is 6.56. The van der Waals surface area contributed by atoms with Gasteiger partial charge in [-0.3, -0.25) is 4.79 Å². The number of rotatable bonds is 7. The zero-order valence-corrected chi connectivity index (χ0v) is 20.7. The van der Waals surface area contributed by atoms with Gasteiger partial charge >= 0.3 is 0 Å². The average molecular weight is 485 g/mol. The SMILES string of the molecule is Cc1cc(C(C)Nc2ccccc2CO)c2oc(N3CCC(CO)(c4ccccc4)C3)cc(=O)c2c1. The van der Waals surface area contributed by atoms with Crippen molar-refractivity contribution in [3.05, 3.63) is 105 Å². The molecule has 1 aromatic heterocycles. The second-order valence-electron chi connectivity index (χ2n) is 9.84. The molecular formula is C30H32N2O4. The first kappa shape index (κ1) is 24.1. The molecule has 1 aliphatic rings. The molecule has 0 bridgehead atoms. The van der Waals surface area contributed by atoms with Crippen molar-refractivity contribution in [2.45, 2.75) is 38.3 Å². The molecule has 3 aromatic carbocycles. The van der Waals surface area contributed by atoms with Crippen LogP contribution in [0.2, 0.25) is 0 Å². The molecule has 0 saturated carbocycles. The summed E-state index contributed by atoms with van der Waals surface area (Å²) in [5.41, 5.74) is 4.69. The van der Waals surface area contributed by atoms with Crippen molar-refractivity contribution in [2.24, 2.45) is 0 Å². The molecule has 2 atom stereocenters. The van der Waals surface area contributed by atoms with Crippen LogP contribution < -0.4 is 15.6 Å². The first-order chi connectivity index (χ1) is 17.4. The van der Waals surface area contributed by atoms with Crippen LogP contribution in [0.25, 0.3) is 11.0 Å². The van der Waals surface area contributed by atoms with Crippen LogP contribution in [0.3, 0.4) is 0 Å². The number of nitrogens with zero attached hydrogens (tertiary/aromatic N) is 1. The zero-order valence-electron chi connectivity index (χ0n) is 20.7. The van der Waals surface area contributed by atoms with Gasteiger partial charge in [-0.05, 0) is 43.5 Å². The monoisotopic (exact) mass is 484 g/mol. The van der Waals surface area contributed by atoms with Crippen molar-refractivity contribution in [1.29, 1.82) is 0 Å². The van der Waals surface area contributed by atoms with Crippen molar-refractivity contribution >= 4 is 22.5 Å². The Hall–Kier alpha value is -3.61. The van der Waals surface area contributed by atoms with Crippen molar-refractivity contribution in [2.75, 3.05) is 29.9 Å². The second-order valence-corrected chi connectivity index (χ2v) is 9.84. The highest BCUT2D eigenvalue weighted by Gasteiger charge is 2.40. The number of hydrogen-bond acceptors (Lipinski definition) is 6. The summed E-state index contributed by atoms with van der Waals surface area (Å²) in [6, 6.07) is 23.0.